The van der Waals surface area contributed by atoms with Crippen LogP contribution in [0.3, 0.4) is 0 Å². The number of halogens is 1. The largest absolute Gasteiger partial charge is 0.118 e. The van der Waals surface area contributed by atoms with Crippen molar-refractivity contribution in [3.05, 3.63) is 48.0 Å². The van der Waals surface area contributed by atoms with E-state index in [4.69, 9.17) is 11.6 Å². The summed E-state index contributed by atoms with van der Waals surface area (Å²) >= 11 is 6.00. The van der Waals surface area contributed by atoms with Gasteiger partial charge in [-0.3, -0.25) is 0 Å². The molecule has 0 heterocycles. The van der Waals surface area contributed by atoms with Gasteiger partial charge in [0.2, 0.25) is 0 Å². The van der Waals surface area contributed by atoms with E-state index in [0.717, 1.165) is 0 Å². The van der Waals surface area contributed by atoms with Gasteiger partial charge in [0.05, 0.1) is 5.38 Å². The number of hydrogen-bond acceptors (Lipinski definition) is 0. The van der Waals surface area contributed by atoms with E-state index >= 15 is 0 Å². The standard InChI is InChI=1S/C12H11Cl/c1-9(13)11-7-6-10-4-2-3-5-12(10)8-11/h2-9H,1H3. The Morgan fingerprint density at radius 2 is 1.69 bits per heavy atom. The van der Waals surface area contributed by atoms with Crippen LogP contribution in [0.1, 0.15) is 17.9 Å². The fourth-order valence-corrected chi connectivity index (χ4v) is 1.59. The van der Waals surface area contributed by atoms with Gasteiger partial charge < -0.3 is 0 Å². The molecule has 0 spiro atoms. The molecule has 0 saturated carbocycles. The maximum atomic E-state index is 6.00. The SMILES string of the molecule is CC(Cl)c1ccc2ccccc2c1. The quantitative estimate of drug-likeness (QED) is 0.593. The Kier molecular flexibility index (Phi) is 2.24. The first-order valence-corrected chi connectivity index (χ1v) is 4.84. The summed E-state index contributed by atoms with van der Waals surface area (Å²) in [5, 5.41) is 2.61. The maximum Gasteiger partial charge on any atom is 0.0557 e. The molecule has 13 heavy (non-hydrogen) atoms. The molecular weight excluding hydrogens is 180 g/mol. The van der Waals surface area contributed by atoms with E-state index < -0.39 is 0 Å². The lowest BCUT2D eigenvalue weighted by Crippen LogP contribution is -1.83. The lowest BCUT2D eigenvalue weighted by Gasteiger charge is -2.04. The second-order valence-corrected chi connectivity index (χ2v) is 3.88. The van der Waals surface area contributed by atoms with Crippen molar-refractivity contribution in [2.75, 3.05) is 0 Å². The fourth-order valence-electron chi connectivity index (χ4n) is 1.46. The molecular formula is C12H11Cl. The van der Waals surface area contributed by atoms with E-state index in [9.17, 15) is 0 Å². The first-order chi connectivity index (χ1) is 6.27. The van der Waals surface area contributed by atoms with Gasteiger partial charge in [-0.2, -0.15) is 0 Å². The third-order valence-electron chi connectivity index (χ3n) is 2.23. The van der Waals surface area contributed by atoms with Crippen molar-refractivity contribution in [2.24, 2.45) is 0 Å². The maximum absolute atomic E-state index is 6.00. The minimum absolute atomic E-state index is 0.0876. The van der Waals surface area contributed by atoms with Gasteiger partial charge >= 0.3 is 0 Å². The van der Waals surface area contributed by atoms with Crippen LogP contribution >= 0.6 is 11.6 Å². The molecule has 0 fully saturated rings. The molecule has 0 bridgehead atoms. The minimum atomic E-state index is 0.0876. The van der Waals surface area contributed by atoms with Gasteiger partial charge in [-0.15, -0.1) is 11.6 Å². The highest BCUT2D eigenvalue weighted by Gasteiger charge is 2.00. The van der Waals surface area contributed by atoms with Gasteiger partial charge in [0.25, 0.3) is 0 Å². The van der Waals surface area contributed by atoms with Crippen molar-refractivity contribution in [3.63, 3.8) is 0 Å². The summed E-state index contributed by atoms with van der Waals surface area (Å²) < 4.78 is 0. The number of alkyl halides is 1. The van der Waals surface area contributed by atoms with E-state index in [1.807, 2.05) is 19.1 Å². The van der Waals surface area contributed by atoms with E-state index in [2.05, 4.69) is 30.3 Å². The van der Waals surface area contributed by atoms with Crippen molar-refractivity contribution < 1.29 is 0 Å². The molecule has 1 heteroatoms. The predicted molar refractivity (Wildman–Crippen MR) is 58.2 cm³/mol. The van der Waals surface area contributed by atoms with Gasteiger partial charge in [0.15, 0.2) is 0 Å². The summed E-state index contributed by atoms with van der Waals surface area (Å²) in [5.74, 6) is 0. The van der Waals surface area contributed by atoms with Crippen LogP contribution in [0, 0.1) is 0 Å². The molecule has 0 radical (unpaired) electrons. The van der Waals surface area contributed by atoms with E-state index in [1.165, 1.54) is 16.3 Å². The summed E-state index contributed by atoms with van der Waals surface area (Å²) in [6.07, 6.45) is 0. The first-order valence-electron chi connectivity index (χ1n) is 4.40. The van der Waals surface area contributed by atoms with Gasteiger partial charge in [-0.25, -0.2) is 0 Å². The van der Waals surface area contributed by atoms with E-state index in [1.54, 1.807) is 0 Å². The van der Waals surface area contributed by atoms with Crippen LogP contribution in [0.2, 0.25) is 0 Å². The number of benzene rings is 2. The highest BCUT2D eigenvalue weighted by Crippen LogP contribution is 2.23. The second-order valence-electron chi connectivity index (χ2n) is 3.22. The second kappa shape index (κ2) is 3.39. The van der Waals surface area contributed by atoms with Crippen LogP contribution in [0.4, 0.5) is 0 Å². The zero-order valence-electron chi connectivity index (χ0n) is 7.50. The molecule has 0 saturated heterocycles. The highest BCUT2D eigenvalue weighted by atomic mass is 35.5. The zero-order chi connectivity index (χ0) is 9.26. The Labute approximate surface area is 83.1 Å². The lowest BCUT2D eigenvalue weighted by molar-refractivity contribution is 1.09. The molecule has 0 aromatic heterocycles. The van der Waals surface area contributed by atoms with Crippen LogP contribution in [0.15, 0.2) is 42.5 Å². The monoisotopic (exact) mass is 190 g/mol. The van der Waals surface area contributed by atoms with E-state index in [-0.39, 0.29) is 5.38 Å². The summed E-state index contributed by atoms with van der Waals surface area (Å²) in [7, 11) is 0. The normalized spacial score (nSPS) is 13.1. The molecule has 0 aliphatic rings. The Morgan fingerprint density at radius 3 is 2.38 bits per heavy atom. The molecule has 0 aliphatic carbocycles. The first kappa shape index (κ1) is 8.58. The lowest BCUT2D eigenvalue weighted by atomic mass is 10.1. The van der Waals surface area contributed by atoms with Crippen LogP contribution in [0.25, 0.3) is 10.8 Å². The summed E-state index contributed by atoms with van der Waals surface area (Å²) in [4.78, 5) is 0. The minimum Gasteiger partial charge on any atom is -0.118 e. The van der Waals surface area contributed by atoms with Gasteiger partial charge in [0.1, 0.15) is 0 Å². The van der Waals surface area contributed by atoms with Crippen molar-refractivity contribution in [1.82, 2.24) is 0 Å². The van der Waals surface area contributed by atoms with Gasteiger partial charge in [0, 0.05) is 0 Å². The number of fused-ring (bicyclic) bond motifs is 1. The van der Waals surface area contributed by atoms with Crippen LogP contribution in [-0.2, 0) is 0 Å². The number of hydrogen-bond donors (Lipinski definition) is 0. The van der Waals surface area contributed by atoms with Gasteiger partial charge in [-0.05, 0) is 29.3 Å². The topological polar surface area (TPSA) is 0 Å². The Hall–Kier alpha value is -1.01. The fraction of sp³-hybridized carbons (Fsp3) is 0.167. The molecule has 1 unspecified atom stereocenters. The van der Waals surface area contributed by atoms with Crippen molar-refractivity contribution in [2.45, 2.75) is 12.3 Å². The molecule has 0 N–H and O–H groups in total. The Balaban J connectivity index is 2.62. The summed E-state index contributed by atoms with van der Waals surface area (Å²) in [6.45, 7) is 1.99. The molecule has 1 atom stereocenters. The third kappa shape index (κ3) is 1.68. The molecule has 2 rings (SSSR count). The highest BCUT2D eigenvalue weighted by molar-refractivity contribution is 6.20. The predicted octanol–water partition coefficient (Wildman–Crippen LogP) is 4.14. The van der Waals surface area contributed by atoms with Crippen molar-refractivity contribution >= 4 is 22.4 Å². The van der Waals surface area contributed by atoms with Crippen molar-refractivity contribution in [3.8, 4) is 0 Å². The smallest absolute Gasteiger partial charge is 0.0557 e. The zero-order valence-corrected chi connectivity index (χ0v) is 8.25. The van der Waals surface area contributed by atoms with E-state index in [0.29, 0.717) is 0 Å². The average molecular weight is 191 g/mol. The third-order valence-corrected chi connectivity index (χ3v) is 2.48. The summed E-state index contributed by atoms with van der Waals surface area (Å²) in [6, 6.07) is 14.7. The molecule has 0 amide bonds. The van der Waals surface area contributed by atoms with Crippen molar-refractivity contribution in [1.29, 1.82) is 0 Å². The molecule has 0 aliphatic heterocycles. The van der Waals surface area contributed by atoms with Crippen LogP contribution in [-0.4, -0.2) is 0 Å². The number of rotatable bonds is 1. The molecule has 2 aromatic rings. The van der Waals surface area contributed by atoms with Crippen LogP contribution in [0.5, 0.6) is 0 Å². The Bertz CT molecular complexity index is 418. The summed E-state index contributed by atoms with van der Waals surface area (Å²) in [5.41, 5.74) is 1.18. The average Bonchev–Trinajstić information content (AvgIpc) is 2.17. The van der Waals surface area contributed by atoms with Crippen LogP contribution < -0.4 is 0 Å². The molecule has 66 valence electrons. The molecule has 0 nitrogen and oxygen atoms in total. The van der Waals surface area contributed by atoms with Gasteiger partial charge in [-0.1, -0.05) is 36.4 Å². The Morgan fingerprint density at radius 1 is 1.00 bits per heavy atom. The molecule has 2 aromatic carbocycles.